The SMILES string of the molecule is C=CCNC(=NCc1nnc(C)n1C)NC1CCCN(c2ccccc2)C1. The minimum Gasteiger partial charge on any atom is -0.369 e. The van der Waals surface area contributed by atoms with Gasteiger partial charge in [0.1, 0.15) is 12.4 Å². The molecule has 1 aromatic heterocycles. The molecule has 7 nitrogen and oxygen atoms in total. The zero-order valence-electron chi connectivity index (χ0n) is 16.2. The van der Waals surface area contributed by atoms with E-state index in [4.69, 9.17) is 4.99 Å². The largest absolute Gasteiger partial charge is 0.369 e. The number of nitrogens with one attached hydrogen (secondary N) is 2. The second kappa shape index (κ2) is 9.21. The van der Waals surface area contributed by atoms with Crippen LogP contribution in [0.25, 0.3) is 0 Å². The van der Waals surface area contributed by atoms with Crippen LogP contribution >= 0.6 is 0 Å². The molecule has 2 heterocycles. The molecule has 3 rings (SSSR count). The van der Waals surface area contributed by atoms with E-state index < -0.39 is 0 Å². The quantitative estimate of drug-likeness (QED) is 0.464. The van der Waals surface area contributed by atoms with Gasteiger partial charge in [-0.25, -0.2) is 4.99 Å². The molecule has 7 heteroatoms. The van der Waals surface area contributed by atoms with Crippen molar-refractivity contribution >= 4 is 11.6 Å². The summed E-state index contributed by atoms with van der Waals surface area (Å²) in [6.07, 6.45) is 4.12. The number of anilines is 1. The number of piperidine rings is 1. The highest BCUT2D eigenvalue weighted by Crippen LogP contribution is 2.19. The second-order valence-electron chi connectivity index (χ2n) is 6.82. The van der Waals surface area contributed by atoms with E-state index in [2.05, 4.69) is 62.6 Å². The first-order valence-electron chi connectivity index (χ1n) is 9.48. The summed E-state index contributed by atoms with van der Waals surface area (Å²) in [6.45, 7) is 8.93. The third kappa shape index (κ3) is 5.09. The summed E-state index contributed by atoms with van der Waals surface area (Å²) in [5.41, 5.74) is 1.27. The Labute approximate surface area is 161 Å². The molecule has 2 aromatic rings. The van der Waals surface area contributed by atoms with Crippen LogP contribution in [0, 0.1) is 6.92 Å². The van der Waals surface area contributed by atoms with E-state index in [1.807, 2.05) is 24.6 Å². The van der Waals surface area contributed by atoms with Crippen LogP contribution in [0.2, 0.25) is 0 Å². The Morgan fingerprint density at radius 3 is 2.85 bits per heavy atom. The number of aryl methyl sites for hydroxylation is 1. The van der Waals surface area contributed by atoms with Crippen molar-refractivity contribution in [1.82, 2.24) is 25.4 Å². The van der Waals surface area contributed by atoms with Crippen molar-refractivity contribution in [2.45, 2.75) is 32.4 Å². The molecule has 144 valence electrons. The molecule has 0 amide bonds. The lowest BCUT2D eigenvalue weighted by Gasteiger charge is -2.35. The number of rotatable bonds is 6. The number of benzene rings is 1. The first-order valence-corrected chi connectivity index (χ1v) is 9.48. The van der Waals surface area contributed by atoms with Crippen LogP contribution in [0.1, 0.15) is 24.5 Å². The first kappa shape index (κ1) is 18.9. The number of aliphatic imine (C=N–C) groups is 1. The van der Waals surface area contributed by atoms with E-state index in [0.29, 0.717) is 19.1 Å². The third-order valence-corrected chi connectivity index (χ3v) is 4.86. The summed E-state index contributed by atoms with van der Waals surface area (Å²) < 4.78 is 1.96. The summed E-state index contributed by atoms with van der Waals surface area (Å²) >= 11 is 0. The maximum atomic E-state index is 4.70. The van der Waals surface area contributed by atoms with E-state index in [1.165, 1.54) is 5.69 Å². The van der Waals surface area contributed by atoms with E-state index in [-0.39, 0.29) is 0 Å². The van der Waals surface area contributed by atoms with Gasteiger partial charge >= 0.3 is 0 Å². The highest BCUT2D eigenvalue weighted by atomic mass is 15.3. The average molecular weight is 368 g/mol. The van der Waals surface area contributed by atoms with Gasteiger partial charge in [0.2, 0.25) is 0 Å². The Balaban J connectivity index is 1.65. The topological polar surface area (TPSA) is 70.4 Å². The Hall–Kier alpha value is -2.83. The molecular weight excluding hydrogens is 338 g/mol. The molecular formula is C20H29N7. The molecule has 1 unspecified atom stereocenters. The van der Waals surface area contributed by atoms with Crippen molar-refractivity contribution in [1.29, 1.82) is 0 Å². The third-order valence-electron chi connectivity index (χ3n) is 4.86. The first-order chi connectivity index (χ1) is 13.2. The van der Waals surface area contributed by atoms with Crippen molar-refractivity contribution in [2.24, 2.45) is 12.0 Å². The van der Waals surface area contributed by atoms with Crippen molar-refractivity contribution in [2.75, 3.05) is 24.5 Å². The summed E-state index contributed by atoms with van der Waals surface area (Å²) in [5.74, 6) is 2.52. The highest BCUT2D eigenvalue weighted by Gasteiger charge is 2.21. The van der Waals surface area contributed by atoms with Crippen LogP contribution in [-0.4, -0.2) is 46.4 Å². The molecule has 1 aromatic carbocycles. The summed E-state index contributed by atoms with van der Waals surface area (Å²) in [6, 6.07) is 10.9. The van der Waals surface area contributed by atoms with Gasteiger partial charge in [0.15, 0.2) is 11.8 Å². The van der Waals surface area contributed by atoms with Gasteiger partial charge in [0, 0.05) is 38.4 Å². The molecule has 27 heavy (non-hydrogen) atoms. The van der Waals surface area contributed by atoms with Gasteiger partial charge in [-0.3, -0.25) is 0 Å². The lowest BCUT2D eigenvalue weighted by atomic mass is 10.1. The molecule has 0 radical (unpaired) electrons. The number of aromatic nitrogens is 3. The fourth-order valence-corrected chi connectivity index (χ4v) is 3.22. The van der Waals surface area contributed by atoms with Crippen LogP contribution < -0.4 is 15.5 Å². The van der Waals surface area contributed by atoms with Crippen molar-refractivity contribution in [3.05, 3.63) is 54.6 Å². The van der Waals surface area contributed by atoms with Crippen LogP contribution in [0.5, 0.6) is 0 Å². The second-order valence-corrected chi connectivity index (χ2v) is 6.82. The molecule has 0 spiro atoms. The number of nitrogens with zero attached hydrogens (tertiary/aromatic N) is 5. The van der Waals surface area contributed by atoms with Gasteiger partial charge in [0.05, 0.1) is 0 Å². The van der Waals surface area contributed by atoms with Gasteiger partial charge in [0.25, 0.3) is 0 Å². The smallest absolute Gasteiger partial charge is 0.192 e. The average Bonchev–Trinajstić information content (AvgIpc) is 3.03. The molecule has 1 atom stereocenters. The molecule has 1 saturated heterocycles. The van der Waals surface area contributed by atoms with Crippen molar-refractivity contribution < 1.29 is 0 Å². The fraction of sp³-hybridized carbons (Fsp3) is 0.450. The number of hydrogen-bond donors (Lipinski definition) is 2. The standard InChI is InChI=1S/C20H29N7/c1-4-12-21-20(22-14-19-25-24-16(2)26(19)3)23-17-9-8-13-27(15-17)18-10-6-5-7-11-18/h4-7,10-11,17H,1,8-9,12-15H2,2-3H3,(H2,21,22,23). The minimum absolute atomic E-state index is 0.344. The predicted octanol–water partition coefficient (Wildman–Crippen LogP) is 2.01. The van der Waals surface area contributed by atoms with Crippen molar-refractivity contribution in [3.8, 4) is 0 Å². The van der Waals surface area contributed by atoms with E-state index in [0.717, 1.165) is 43.5 Å². The number of para-hydroxylation sites is 1. The Bertz CT molecular complexity index is 766. The maximum absolute atomic E-state index is 4.70. The number of guanidine groups is 1. The molecule has 0 saturated carbocycles. The summed E-state index contributed by atoms with van der Waals surface area (Å²) in [7, 11) is 1.96. The van der Waals surface area contributed by atoms with Crippen molar-refractivity contribution in [3.63, 3.8) is 0 Å². The summed E-state index contributed by atoms with van der Waals surface area (Å²) in [4.78, 5) is 7.13. The Morgan fingerprint density at radius 2 is 2.15 bits per heavy atom. The number of hydrogen-bond acceptors (Lipinski definition) is 4. The normalized spacial score (nSPS) is 17.6. The zero-order valence-corrected chi connectivity index (χ0v) is 16.2. The Kier molecular flexibility index (Phi) is 6.46. The van der Waals surface area contributed by atoms with Crippen LogP contribution in [-0.2, 0) is 13.6 Å². The van der Waals surface area contributed by atoms with Gasteiger partial charge in [-0.1, -0.05) is 24.3 Å². The Morgan fingerprint density at radius 1 is 1.33 bits per heavy atom. The molecule has 0 bridgehead atoms. The van der Waals surface area contributed by atoms with Gasteiger partial charge in [-0.05, 0) is 31.9 Å². The highest BCUT2D eigenvalue weighted by molar-refractivity contribution is 5.80. The molecule has 0 aliphatic carbocycles. The maximum Gasteiger partial charge on any atom is 0.192 e. The van der Waals surface area contributed by atoms with Gasteiger partial charge < -0.3 is 20.1 Å². The van der Waals surface area contributed by atoms with Crippen LogP contribution in [0.3, 0.4) is 0 Å². The molecule has 2 N–H and O–H groups in total. The van der Waals surface area contributed by atoms with E-state index in [1.54, 1.807) is 0 Å². The van der Waals surface area contributed by atoms with Crippen LogP contribution in [0.15, 0.2) is 48.0 Å². The summed E-state index contributed by atoms with van der Waals surface area (Å²) in [5, 5.41) is 15.2. The molecule has 1 aliphatic heterocycles. The van der Waals surface area contributed by atoms with Gasteiger partial charge in [-0.15, -0.1) is 16.8 Å². The lowest BCUT2D eigenvalue weighted by Crippen LogP contribution is -2.51. The minimum atomic E-state index is 0.344. The monoisotopic (exact) mass is 367 g/mol. The molecule has 1 fully saturated rings. The van der Waals surface area contributed by atoms with E-state index >= 15 is 0 Å². The van der Waals surface area contributed by atoms with Gasteiger partial charge in [-0.2, -0.15) is 0 Å². The molecule has 1 aliphatic rings. The van der Waals surface area contributed by atoms with E-state index in [9.17, 15) is 0 Å². The predicted molar refractivity (Wildman–Crippen MR) is 110 cm³/mol. The lowest BCUT2D eigenvalue weighted by molar-refractivity contribution is 0.468. The van der Waals surface area contributed by atoms with Crippen LogP contribution in [0.4, 0.5) is 5.69 Å². The zero-order chi connectivity index (χ0) is 19.1. The fourth-order valence-electron chi connectivity index (χ4n) is 3.22.